The lowest BCUT2D eigenvalue weighted by Gasteiger charge is -2.53. The lowest BCUT2D eigenvalue weighted by atomic mass is 9.83. The molecule has 0 aromatic carbocycles. The number of nitrogens with zero attached hydrogens (tertiary/aromatic N) is 6. The molecule has 5 atom stereocenters. The van der Waals surface area contributed by atoms with E-state index in [2.05, 4.69) is 43.5 Å². The van der Waals surface area contributed by atoms with E-state index in [-0.39, 0.29) is 24.2 Å². The van der Waals surface area contributed by atoms with Gasteiger partial charge in [-0.25, -0.2) is 24.5 Å². The van der Waals surface area contributed by atoms with Gasteiger partial charge in [0.2, 0.25) is 5.95 Å². The molecule has 5 heterocycles. The monoisotopic (exact) mass is 524 g/mol. The molecule has 2 fully saturated rings. The van der Waals surface area contributed by atoms with E-state index in [9.17, 15) is 9.18 Å². The second-order valence-electron chi connectivity index (χ2n) is 9.96. The Balaban J connectivity index is 1.25. The van der Waals surface area contributed by atoms with Gasteiger partial charge in [0.15, 0.2) is 17.2 Å². The fourth-order valence-electron chi connectivity index (χ4n) is 4.86. The van der Waals surface area contributed by atoms with Crippen molar-refractivity contribution in [3.8, 4) is 5.82 Å². The van der Waals surface area contributed by atoms with Crippen LogP contribution < -0.4 is 26.4 Å². The van der Waals surface area contributed by atoms with Gasteiger partial charge in [-0.15, -0.1) is 0 Å². The molecular weight excluding hydrogens is 491 g/mol. The van der Waals surface area contributed by atoms with Crippen LogP contribution in [0.5, 0.6) is 0 Å². The number of rotatable bonds is 8. The Hall–Kier alpha value is -3.68. The maximum absolute atomic E-state index is 13.4. The molecule has 4 N–H and O–H groups in total. The zero-order valence-corrected chi connectivity index (χ0v) is 22.1. The number of nitrogens with one attached hydrogen (secondary N) is 4. The standard InChI is InChI=1S/C25H33FN10O2/c1-14-8-20(31-21-9-15(2)33-34-21)32-24(29-14)35-13-25(38-5,17(35)4)23(37)30-16(3)18-6-7-22(27-10-18)36-12-19(26)11-28-36/h6-8,10-12,15-17,21,33-34H,9,13H2,1-5H3,(H,30,37)(H,29,31,32)/t15?,16-,17-,21?,25+/m0/s1. The number of carbonyl (C=O) groups excluding carboxylic acids is 1. The van der Waals surface area contributed by atoms with E-state index in [0.29, 0.717) is 24.4 Å². The summed E-state index contributed by atoms with van der Waals surface area (Å²) in [5.41, 5.74) is 6.97. The number of ether oxygens (including phenoxy) is 1. The van der Waals surface area contributed by atoms with Crippen LogP contribution in [0.2, 0.25) is 0 Å². The number of halogens is 1. The van der Waals surface area contributed by atoms with Crippen molar-refractivity contribution >= 4 is 17.7 Å². The number of carbonyl (C=O) groups is 1. The van der Waals surface area contributed by atoms with Gasteiger partial charge in [0.1, 0.15) is 5.82 Å². The van der Waals surface area contributed by atoms with Crippen molar-refractivity contribution in [2.24, 2.45) is 0 Å². The summed E-state index contributed by atoms with van der Waals surface area (Å²) in [5.74, 6) is 1.08. The Kier molecular flexibility index (Phi) is 6.99. The van der Waals surface area contributed by atoms with Gasteiger partial charge in [-0.1, -0.05) is 6.07 Å². The quantitative estimate of drug-likeness (QED) is 0.344. The SMILES string of the molecule is CO[C@]1(C(=O)N[C@@H](C)c2ccc(-n3cc(F)cn3)nc2)CN(c2nc(C)cc(NC3CC(C)NN3)n2)[C@H]1C. The maximum atomic E-state index is 13.4. The molecule has 2 aliphatic heterocycles. The maximum Gasteiger partial charge on any atom is 0.256 e. The molecule has 3 aromatic heterocycles. The molecular formula is C25H33FN10O2. The number of aromatic nitrogens is 5. The lowest BCUT2D eigenvalue weighted by Crippen LogP contribution is -2.75. The van der Waals surface area contributed by atoms with Gasteiger partial charge in [0.05, 0.1) is 37.2 Å². The molecule has 1 amide bonds. The third kappa shape index (κ3) is 4.91. The highest BCUT2D eigenvalue weighted by molar-refractivity contribution is 5.90. The number of amides is 1. The van der Waals surface area contributed by atoms with E-state index in [0.717, 1.165) is 29.7 Å². The molecule has 0 radical (unpaired) electrons. The van der Waals surface area contributed by atoms with E-state index in [1.807, 2.05) is 37.8 Å². The average molecular weight is 525 g/mol. The summed E-state index contributed by atoms with van der Waals surface area (Å²) < 4.78 is 20.4. The number of methoxy groups -OCH3 is 1. The Bertz CT molecular complexity index is 1300. The molecule has 12 nitrogen and oxygen atoms in total. The van der Waals surface area contributed by atoms with Crippen LogP contribution >= 0.6 is 0 Å². The van der Waals surface area contributed by atoms with Crippen molar-refractivity contribution < 1.29 is 13.9 Å². The molecule has 3 aromatic rings. The highest BCUT2D eigenvalue weighted by Gasteiger charge is 2.57. The van der Waals surface area contributed by atoms with Crippen LogP contribution in [0.25, 0.3) is 5.82 Å². The van der Waals surface area contributed by atoms with Crippen LogP contribution in [0.4, 0.5) is 16.2 Å². The van der Waals surface area contributed by atoms with Crippen molar-refractivity contribution in [2.75, 3.05) is 23.9 Å². The fourth-order valence-corrected chi connectivity index (χ4v) is 4.86. The van der Waals surface area contributed by atoms with Gasteiger partial charge < -0.3 is 20.3 Å². The molecule has 2 unspecified atom stereocenters. The third-order valence-corrected chi connectivity index (χ3v) is 7.21. The van der Waals surface area contributed by atoms with E-state index >= 15 is 0 Å². The van der Waals surface area contributed by atoms with Gasteiger partial charge in [0, 0.05) is 31.1 Å². The summed E-state index contributed by atoms with van der Waals surface area (Å²) in [5, 5.41) is 10.4. The first-order chi connectivity index (χ1) is 18.2. The second-order valence-corrected chi connectivity index (χ2v) is 9.96. The number of pyridine rings is 1. The zero-order valence-electron chi connectivity index (χ0n) is 22.1. The fraction of sp³-hybridized carbons (Fsp3) is 0.480. The Labute approximate surface area is 220 Å². The highest BCUT2D eigenvalue weighted by atomic mass is 19.1. The van der Waals surface area contributed by atoms with Crippen LogP contribution in [0, 0.1) is 12.7 Å². The predicted molar refractivity (Wildman–Crippen MR) is 139 cm³/mol. The molecule has 13 heteroatoms. The van der Waals surface area contributed by atoms with Crippen LogP contribution in [-0.4, -0.2) is 68.1 Å². The molecule has 0 saturated carbocycles. The highest BCUT2D eigenvalue weighted by Crippen LogP contribution is 2.36. The summed E-state index contributed by atoms with van der Waals surface area (Å²) in [6.07, 6.45) is 5.00. The number of hydrogen-bond donors (Lipinski definition) is 4. The molecule has 0 spiro atoms. The Morgan fingerprint density at radius 1 is 1.26 bits per heavy atom. The first-order valence-electron chi connectivity index (χ1n) is 12.6. The lowest BCUT2D eigenvalue weighted by molar-refractivity contribution is -0.153. The van der Waals surface area contributed by atoms with Crippen LogP contribution in [-0.2, 0) is 9.53 Å². The zero-order chi connectivity index (χ0) is 27.0. The van der Waals surface area contributed by atoms with Crippen molar-refractivity contribution in [1.82, 2.24) is 40.9 Å². The third-order valence-electron chi connectivity index (χ3n) is 7.21. The smallest absolute Gasteiger partial charge is 0.256 e. The summed E-state index contributed by atoms with van der Waals surface area (Å²) in [4.78, 5) is 29.1. The normalized spacial score (nSPS) is 25.6. The first kappa shape index (κ1) is 25.9. The van der Waals surface area contributed by atoms with Crippen molar-refractivity contribution in [3.63, 3.8) is 0 Å². The van der Waals surface area contributed by atoms with Crippen molar-refractivity contribution in [2.45, 2.75) is 64.0 Å². The van der Waals surface area contributed by atoms with Crippen LogP contribution in [0.15, 0.2) is 36.8 Å². The van der Waals surface area contributed by atoms with E-state index in [1.54, 1.807) is 19.4 Å². The van der Waals surface area contributed by atoms with Crippen LogP contribution in [0.3, 0.4) is 0 Å². The topological polar surface area (TPSA) is 134 Å². The van der Waals surface area contributed by atoms with E-state index < -0.39 is 11.4 Å². The van der Waals surface area contributed by atoms with Crippen LogP contribution in [0.1, 0.15) is 44.5 Å². The van der Waals surface area contributed by atoms with E-state index in [4.69, 9.17) is 9.72 Å². The molecule has 0 aliphatic carbocycles. The molecule has 202 valence electrons. The molecule has 38 heavy (non-hydrogen) atoms. The Morgan fingerprint density at radius 3 is 2.68 bits per heavy atom. The molecule has 0 bridgehead atoms. The van der Waals surface area contributed by atoms with Crippen molar-refractivity contribution in [3.05, 3.63) is 53.9 Å². The minimum atomic E-state index is -1.05. The number of hydrogen-bond acceptors (Lipinski definition) is 10. The van der Waals surface area contributed by atoms with Gasteiger partial charge in [-0.3, -0.25) is 10.2 Å². The summed E-state index contributed by atoms with van der Waals surface area (Å²) in [7, 11) is 1.54. The first-order valence-corrected chi connectivity index (χ1v) is 12.6. The number of hydrazine groups is 1. The summed E-state index contributed by atoms with van der Waals surface area (Å²) >= 11 is 0. The number of anilines is 2. The minimum absolute atomic E-state index is 0.0653. The van der Waals surface area contributed by atoms with Gasteiger partial charge in [-0.2, -0.15) is 10.1 Å². The minimum Gasteiger partial charge on any atom is -0.364 e. The van der Waals surface area contributed by atoms with Gasteiger partial charge in [0.25, 0.3) is 5.91 Å². The number of aryl methyl sites for hydroxylation is 1. The summed E-state index contributed by atoms with van der Waals surface area (Å²) in [6, 6.07) is 5.20. The Morgan fingerprint density at radius 2 is 2.08 bits per heavy atom. The largest absolute Gasteiger partial charge is 0.364 e. The predicted octanol–water partition coefficient (Wildman–Crippen LogP) is 1.60. The average Bonchev–Trinajstić information content (AvgIpc) is 3.51. The summed E-state index contributed by atoms with van der Waals surface area (Å²) in [6.45, 7) is 8.15. The molecule has 2 saturated heterocycles. The van der Waals surface area contributed by atoms with Gasteiger partial charge in [-0.05, 0) is 45.7 Å². The molecule has 5 rings (SSSR count). The van der Waals surface area contributed by atoms with Crippen molar-refractivity contribution in [1.29, 1.82) is 0 Å². The molecule has 2 aliphatic rings. The second kappa shape index (κ2) is 10.2. The van der Waals surface area contributed by atoms with Gasteiger partial charge >= 0.3 is 0 Å². The van der Waals surface area contributed by atoms with E-state index in [1.165, 1.54) is 10.9 Å².